The quantitative estimate of drug-likeness (QED) is 0.167. The van der Waals surface area contributed by atoms with Gasteiger partial charge in [0.2, 0.25) is 5.90 Å². The van der Waals surface area contributed by atoms with Crippen molar-refractivity contribution < 1.29 is 28.7 Å². The summed E-state index contributed by atoms with van der Waals surface area (Å²) in [5, 5.41) is 10.8. The Morgan fingerprint density at radius 1 is 1.06 bits per heavy atom. The Balaban J connectivity index is 1.58. The van der Waals surface area contributed by atoms with Gasteiger partial charge >= 0.3 is 11.9 Å². The maximum atomic E-state index is 12.4. The number of ether oxygens (including phenoxy) is 3. The van der Waals surface area contributed by atoms with E-state index in [1.165, 1.54) is 30.3 Å². The monoisotopic (exact) mass is 458 g/mol. The highest BCUT2D eigenvalue weighted by atomic mass is 16.6. The zero-order valence-electron chi connectivity index (χ0n) is 18.0. The van der Waals surface area contributed by atoms with E-state index >= 15 is 0 Å². The third kappa shape index (κ3) is 4.99. The van der Waals surface area contributed by atoms with Gasteiger partial charge in [-0.2, -0.15) is 0 Å². The number of benzene rings is 3. The Morgan fingerprint density at radius 2 is 1.79 bits per heavy atom. The fourth-order valence-corrected chi connectivity index (χ4v) is 3.12. The highest BCUT2D eigenvalue weighted by molar-refractivity contribution is 6.12. The third-order valence-corrected chi connectivity index (χ3v) is 4.73. The van der Waals surface area contributed by atoms with Crippen LogP contribution in [0.5, 0.6) is 11.5 Å². The molecule has 4 rings (SSSR count). The number of non-ortho nitro benzene ring substituents is 1. The van der Waals surface area contributed by atoms with Gasteiger partial charge in [-0.15, -0.1) is 0 Å². The van der Waals surface area contributed by atoms with Crippen LogP contribution in [0.1, 0.15) is 28.4 Å². The predicted octanol–water partition coefficient (Wildman–Crippen LogP) is 4.56. The topological polar surface area (TPSA) is 117 Å². The van der Waals surface area contributed by atoms with E-state index in [-0.39, 0.29) is 23.0 Å². The van der Waals surface area contributed by atoms with Gasteiger partial charge in [0.25, 0.3) is 5.69 Å². The van der Waals surface area contributed by atoms with E-state index in [1.807, 2.05) is 0 Å². The Hall–Kier alpha value is -4.79. The number of esters is 2. The molecule has 0 aliphatic carbocycles. The Bertz CT molecular complexity index is 1310. The second-order valence-corrected chi connectivity index (χ2v) is 7.03. The van der Waals surface area contributed by atoms with E-state index in [2.05, 4.69) is 4.99 Å². The van der Waals surface area contributed by atoms with Gasteiger partial charge in [-0.25, -0.2) is 14.6 Å². The van der Waals surface area contributed by atoms with Crippen LogP contribution in [0.3, 0.4) is 0 Å². The van der Waals surface area contributed by atoms with Gasteiger partial charge in [-0.05, 0) is 55.0 Å². The lowest BCUT2D eigenvalue weighted by atomic mass is 10.1. The molecular formula is C25H18N2O7. The van der Waals surface area contributed by atoms with Crippen molar-refractivity contribution in [3.63, 3.8) is 0 Å². The van der Waals surface area contributed by atoms with E-state index < -0.39 is 16.9 Å². The molecule has 0 N–H and O–H groups in total. The minimum absolute atomic E-state index is 0.0459. The summed E-state index contributed by atoms with van der Waals surface area (Å²) in [4.78, 5) is 39.2. The minimum atomic E-state index is -0.661. The first kappa shape index (κ1) is 22.4. The van der Waals surface area contributed by atoms with Gasteiger partial charge in [0.15, 0.2) is 17.2 Å². The van der Waals surface area contributed by atoms with Crippen LogP contribution in [0.15, 0.2) is 83.5 Å². The van der Waals surface area contributed by atoms with E-state index in [9.17, 15) is 19.7 Å². The van der Waals surface area contributed by atoms with Gasteiger partial charge in [-0.1, -0.05) is 24.3 Å². The molecule has 0 saturated carbocycles. The Morgan fingerprint density at radius 3 is 2.47 bits per heavy atom. The second kappa shape index (κ2) is 9.78. The third-order valence-electron chi connectivity index (χ3n) is 4.73. The average molecular weight is 458 g/mol. The molecule has 1 aliphatic rings. The molecule has 0 spiro atoms. The van der Waals surface area contributed by atoms with Crippen molar-refractivity contribution >= 4 is 29.6 Å². The normalized spacial score (nSPS) is 13.9. The number of hydrogen-bond acceptors (Lipinski definition) is 8. The molecule has 9 heteroatoms. The van der Waals surface area contributed by atoms with Crippen molar-refractivity contribution in [1.82, 2.24) is 0 Å². The number of nitro benzene ring substituents is 1. The lowest BCUT2D eigenvalue weighted by molar-refractivity contribution is -0.384. The molecule has 9 nitrogen and oxygen atoms in total. The van der Waals surface area contributed by atoms with Crippen LogP contribution in [0, 0.1) is 10.1 Å². The van der Waals surface area contributed by atoms with Crippen LogP contribution in [0.2, 0.25) is 0 Å². The lowest BCUT2D eigenvalue weighted by Gasteiger charge is -2.11. The predicted molar refractivity (Wildman–Crippen MR) is 123 cm³/mol. The first-order valence-corrected chi connectivity index (χ1v) is 10.3. The van der Waals surface area contributed by atoms with Crippen molar-refractivity contribution in [2.75, 3.05) is 6.61 Å². The van der Waals surface area contributed by atoms with Gasteiger partial charge in [0.05, 0.1) is 17.1 Å². The minimum Gasteiger partial charge on any atom is -0.490 e. The molecule has 0 saturated heterocycles. The van der Waals surface area contributed by atoms with Crippen molar-refractivity contribution in [2.45, 2.75) is 6.92 Å². The summed E-state index contributed by atoms with van der Waals surface area (Å²) < 4.78 is 16.3. The Labute approximate surface area is 194 Å². The number of nitrogens with zero attached hydrogens (tertiary/aromatic N) is 2. The molecule has 0 unspecified atom stereocenters. The zero-order chi connectivity index (χ0) is 24.1. The standard InChI is InChI=1S/C25H18N2O7/c1-2-32-22-15-16(8-13-21(22)33-24(28)18-6-4-3-5-7-18)14-20-25(29)34-23(26-20)17-9-11-19(12-10-17)27(30)31/h3-15H,2H2,1H3/b20-14-. The smallest absolute Gasteiger partial charge is 0.363 e. The highest BCUT2D eigenvalue weighted by Crippen LogP contribution is 2.31. The number of carbonyl (C=O) groups is 2. The Kier molecular flexibility index (Phi) is 6.45. The van der Waals surface area contributed by atoms with Crippen molar-refractivity contribution in [3.8, 4) is 11.5 Å². The van der Waals surface area contributed by atoms with Crippen LogP contribution in [0.4, 0.5) is 5.69 Å². The van der Waals surface area contributed by atoms with Gasteiger partial charge in [0, 0.05) is 17.7 Å². The largest absolute Gasteiger partial charge is 0.490 e. The van der Waals surface area contributed by atoms with Crippen LogP contribution in [0.25, 0.3) is 6.08 Å². The number of hydrogen-bond donors (Lipinski definition) is 0. The molecule has 3 aromatic rings. The SMILES string of the molecule is CCOc1cc(/C=C2\N=C(c3ccc([N+](=O)[O-])cc3)OC2=O)ccc1OC(=O)c1ccccc1. The van der Waals surface area contributed by atoms with Crippen molar-refractivity contribution in [2.24, 2.45) is 4.99 Å². The van der Waals surface area contributed by atoms with Gasteiger partial charge in [0.1, 0.15) is 0 Å². The average Bonchev–Trinajstić information content (AvgIpc) is 3.21. The first-order valence-electron chi connectivity index (χ1n) is 10.3. The second-order valence-electron chi connectivity index (χ2n) is 7.03. The number of carbonyl (C=O) groups excluding carboxylic acids is 2. The van der Waals surface area contributed by atoms with E-state index in [0.717, 1.165) is 0 Å². The molecule has 1 aliphatic heterocycles. The highest BCUT2D eigenvalue weighted by Gasteiger charge is 2.25. The summed E-state index contributed by atoms with van der Waals surface area (Å²) in [5.74, 6) is -0.575. The lowest BCUT2D eigenvalue weighted by Crippen LogP contribution is -2.09. The molecule has 0 radical (unpaired) electrons. The summed E-state index contributed by atoms with van der Waals surface area (Å²) in [6.45, 7) is 2.13. The number of nitro groups is 1. The molecule has 0 amide bonds. The maximum Gasteiger partial charge on any atom is 0.363 e. The molecule has 0 aromatic heterocycles. The van der Waals surface area contributed by atoms with E-state index in [1.54, 1.807) is 55.5 Å². The van der Waals surface area contributed by atoms with Crippen LogP contribution >= 0.6 is 0 Å². The van der Waals surface area contributed by atoms with Crippen molar-refractivity contribution in [3.05, 3.63) is 105 Å². The van der Waals surface area contributed by atoms with Gasteiger partial charge in [-0.3, -0.25) is 10.1 Å². The van der Waals surface area contributed by atoms with Crippen LogP contribution in [-0.2, 0) is 9.53 Å². The zero-order valence-corrected chi connectivity index (χ0v) is 18.0. The maximum absolute atomic E-state index is 12.4. The van der Waals surface area contributed by atoms with Crippen molar-refractivity contribution in [1.29, 1.82) is 0 Å². The molecule has 34 heavy (non-hydrogen) atoms. The molecule has 0 fully saturated rings. The van der Waals surface area contributed by atoms with E-state index in [4.69, 9.17) is 14.2 Å². The summed E-state index contributed by atoms with van der Waals surface area (Å²) in [6, 6.07) is 18.9. The summed E-state index contributed by atoms with van der Waals surface area (Å²) in [5.41, 5.74) is 1.37. The summed E-state index contributed by atoms with van der Waals surface area (Å²) in [7, 11) is 0. The fraction of sp³-hybridized carbons (Fsp3) is 0.0800. The van der Waals surface area contributed by atoms with Crippen LogP contribution in [-0.4, -0.2) is 29.4 Å². The van der Waals surface area contributed by atoms with Gasteiger partial charge < -0.3 is 14.2 Å². The fourth-order valence-electron chi connectivity index (χ4n) is 3.12. The molecule has 170 valence electrons. The summed E-state index contributed by atoms with van der Waals surface area (Å²) in [6.07, 6.45) is 1.51. The molecular weight excluding hydrogens is 440 g/mol. The molecule has 0 atom stereocenters. The molecule has 0 bridgehead atoms. The van der Waals surface area contributed by atoms with E-state index in [0.29, 0.717) is 29.0 Å². The molecule has 3 aromatic carbocycles. The number of rotatable bonds is 7. The number of aliphatic imine (C=N–C) groups is 1. The first-order chi connectivity index (χ1) is 16.4. The number of cyclic esters (lactones) is 1. The van der Waals surface area contributed by atoms with Crippen LogP contribution < -0.4 is 9.47 Å². The molecule has 1 heterocycles. The summed E-state index contributed by atoms with van der Waals surface area (Å²) >= 11 is 0.